The number of aromatic amines is 2. The molecule has 0 spiro atoms. The van der Waals surface area contributed by atoms with Gasteiger partial charge in [0.15, 0.2) is 71.3 Å². The SMILES string of the molecule is C.CCC1OC(n2cnc3c(=O)[nH]ncc32)C(OC(C)=O)C1OC(C)=O.CCC1OC(n2cnc3c(Cl)nncc32)C(OC(C)=O)C1OC(C)=O.Nc1nncc2c1ncn2C1OC(CO)C(O)C1O.O=c1[nH]ncc2c1ncn2C1OC(CO)C(O)C1O.[B]. The molecule has 4 aliphatic rings. The molecular formula is C51H64BClN17O20. The molecule has 8 aromatic heterocycles. The standard InChI is InChI=1S/C15H17ClN4O5.C15H18N4O6.C10H13N5O4.C10H12N4O5.CH4.B/c1-4-10-12(23-7(2)21)13(24-8(3)22)15(25-10)20-6-17-11-9(20)5-18-19-14(11)16;1-4-10-12(23-7(2)20)13(24-8(3)21)15(25-10)19-6-16-11-9(19)5-17-18-14(11)22;11-9-6-4(1-13-14-9)15(3-12-6)10-8(18)7(17)5(2-16)19-10;15-2-5-7(16)8(17)10(19-5)14-3-11-6-4(14)1-12-13-9(6)18;;/h5-6,10,12-13,15H,4H2,1-3H3;5-6,10,12-13,15H,4H2,1-3H3,(H,18,22);1,3,5,7-8,10,16-18H,2H2,(H2,11,14);1,3,5,7-8,10,15-17H,2H2,(H,13,18);1H4;. The molecule has 16 atom stereocenters. The van der Waals surface area contributed by atoms with Crippen LogP contribution in [0.25, 0.3) is 44.1 Å². The third kappa shape index (κ3) is 13.9. The number of carbonyl (C=O) groups is 4. The van der Waals surface area contributed by atoms with Crippen molar-refractivity contribution in [1.82, 2.24) is 79.0 Å². The van der Waals surface area contributed by atoms with E-state index in [-0.39, 0.29) is 44.5 Å². The maximum absolute atomic E-state index is 11.8. The molecule has 0 bridgehead atoms. The zero-order valence-electron chi connectivity index (χ0n) is 47.9. The van der Waals surface area contributed by atoms with Crippen LogP contribution in [-0.4, -0.2) is 228 Å². The average Bonchev–Trinajstić information content (AvgIpc) is 2.22. The first kappa shape index (κ1) is 68.9. The van der Waals surface area contributed by atoms with Crippen LogP contribution in [0.15, 0.2) is 59.7 Å². The van der Waals surface area contributed by atoms with Gasteiger partial charge in [0, 0.05) is 36.1 Å². The van der Waals surface area contributed by atoms with E-state index in [9.17, 15) is 49.2 Å². The highest BCUT2D eigenvalue weighted by atomic mass is 35.5. The van der Waals surface area contributed by atoms with Gasteiger partial charge >= 0.3 is 23.9 Å². The number of rotatable bonds is 12. The van der Waals surface area contributed by atoms with Crippen LogP contribution >= 0.6 is 11.6 Å². The number of ether oxygens (including phenoxy) is 8. The van der Waals surface area contributed by atoms with Crippen LogP contribution in [0.3, 0.4) is 0 Å². The van der Waals surface area contributed by atoms with E-state index in [4.69, 9.17) is 65.4 Å². The second-order valence-electron chi connectivity index (χ2n) is 20.0. The Labute approximate surface area is 513 Å². The van der Waals surface area contributed by atoms with Crippen LogP contribution in [0.1, 0.15) is 86.7 Å². The first-order chi connectivity index (χ1) is 42.1. The van der Waals surface area contributed by atoms with Gasteiger partial charge in [0.1, 0.15) is 59.9 Å². The Morgan fingerprint density at radius 2 is 0.856 bits per heavy atom. The molecule has 3 radical (unpaired) electrons. The Balaban J connectivity index is 0.000000171. The third-order valence-electron chi connectivity index (χ3n) is 14.3. The number of nitrogens with zero attached hydrogens (tertiary/aromatic N) is 14. The van der Waals surface area contributed by atoms with Gasteiger partial charge in [0.25, 0.3) is 11.1 Å². The van der Waals surface area contributed by atoms with E-state index < -0.39 is 140 Å². The average molecular weight is 1280 g/mol. The number of carbonyl (C=O) groups excluding carboxylic acids is 4. The van der Waals surface area contributed by atoms with E-state index in [1.54, 1.807) is 9.13 Å². The molecule has 16 unspecified atom stereocenters. The Bertz CT molecular complexity index is 3920. The number of fused-ring (bicyclic) bond motifs is 4. The summed E-state index contributed by atoms with van der Waals surface area (Å²) in [5, 5.41) is 84.5. The van der Waals surface area contributed by atoms with E-state index in [0.717, 1.165) is 0 Å². The molecule has 0 saturated carbocycles. The molecule has 90 heavy (non-hydrogen) atoms. The quantitative estimate of drug-likeness (QED) is 0.0361. The summed E-state index contributed by atoms with van der Waals surface area (Å²) in [5.74, 6) is -1.85. The smallest absolute Gasteiger partial charge is 0.303 e. The predicted molar refractivity (Wildman–Crippen MR) is 305 cm³/mol. The van der Waals surface area contributed by atoms with Crippen molar-refractivity contribution in [2.45, 2.75) is 160 Å². The number of nitrogen functional groups attached to an aromatic ring is 1. The van der Waals surface area contributed by atoms with Crippen molar-refractivity contribution in [3.8, 4) is 0 Å². The van der Waals surface area contributed by atoms with Gasteiger partial charge < -0.3 is 74.3 Å². The second kappa shape index (κ2) is 29.4. The lowest BCUT2D eigenvalue weighted by atomic mass is 10.1. The van der Waals surface area contributed by atoms with Gasteiger partial charge in [-0.15, -0.1) is 10.2 Å². The van der Waals surface area contributed by atoms with Crippen LogP contribution < -0.4 is 16.9 Å². The van der Waals surface area contributed by atoms with E-state index in [0.29, 0.717) is 45.9 Å². The molecular weight excluding hydrogens is 1220 g/mol. The number of aliphatic hydroxyl groups excluding tert-OH is 6. The summed E-state index contributed by atoms with van der Waals surface area (Å²) in [6.07, 6.45) is -1.41. The number of aromatic nitrogens is 16. The van der Waals surface area contributed by atoms with Crippen LogP contribution in [-0.2, 0) is 57.1 Å². The number of nitrogens with one attached hydrogen (secondary N) is 2. The van der Waals surface area contributed by atoms with E-state index in [2.05, 4.69) is 60.7 Å². The molecule has 0 amide bonds. The van der Waals surface area contributed by atoms with Gasteiger partial charge in [-0.2, -0.15) is 20.4 Å². The Kier molecular flexibility index (Phi) is 22.5. The summed E-state index contributed by atoms with van der Waals surface area (Å²) < 4.78 is 50.3. The molecule has 10 N–H and O–H groups in total. The van der Waals surface area contributed by atoms with Crippen molar-refractivity contribution in [2.24, 2.45) is 0 Å². The number of nitrogens with two attached hydrogens (primary N) is 1. The molecule has 0 aromatic carbocycles. The van der Waals surface area contributed by atoms with E-state index >= 15 is 0 Å². The zero-order chi connectivity index (χ0) is 63.4. The summed E-state index contributed by atoms with van der Waals surface area (Å²) in [7, 11) is 0. The zero-order valence-corrected chi connectivity index (χ0v) is 48.6. The highest BCUT2D eigenvalue weighted by Gasteiger charge is 2.51. The normalized spacial score (nSPS) is 27.5. The minimum Gasteiger partial charge on any atom is -0.456 e. The van der Waals surface area contributed by atoms with E-state index in [1.165, 1.54) is 86.9 Å². The lowest BCUT2D eigenvalue weighted by molar-refractivity contribution is -0.165. The molecule has 12 heterocycles. The number of anilines is 1. The monoisotopic (exact) mass is 1280 g/mol. The molecule has 37 nitrogen and oxygen atoms in total. The summed E-state index contributed by atoms with van der Waals surface area (Å²) in [5.41, 5.74) is 7.87. The minimum absolute atomic E-state index is 0. The summed E-state index contributed by atoms with van der Waals surface area (Å²) in [4.78, 5) is 85.6. The van der Waals surface area contributed by atoms with Crippen molar-refractivity contribution < 1.29 is 87.7 Å². The number of halogens is 1. The van der Waals surface area contributed by atoms with Crippen LogP contribution in [0.5, 0.6) is 0 Å². The second-order valence-corrected chi connectivity index (χ2v) is 20.4. The van der Waals surface area contributed by atoms with Gasteiger partial charge in [-0.05, 0) is 12.8 Å². The van der Waals surface area contributed by atoms with Crippen molar-refractivity contribution in [2.75, 3.05) is 18.9 Å². The van der Waals surface area contributed by atoms with Crippen LogP contribution in [0, 0.1) is 0 Å². The molecule has 0 aliphatic carbocycles. The lowest BCUT2D eigenvalue weighted by Gasteiger charge is -2.23. The van der Waals surface area contributed by atoms with Gasteiger partial charge in [-0.25, -0.2) is 30.1 Å². The van der Waals surface area contributed by atoms with Crippen molar-refractivity contribution in [3.05, 3.63) is 76.0 Å². The minimum atomic E-state index is -1.23. The Hall–Kier alpha value is -8.57. The Morgan fingerprint density at radius 1 is 0.522 bits per heavy atom. The van der Waals surface area contributed by atoms with Gasteiger partial charge in [-0.3, -0.25) is 47.0 Å². The predicted octanol–water partition coefficient (Wildman–Crippen LogP) is -2.05. The number of aliphatic hydroxyl groups is 6. The third-order valence-corrected chi connectivity index (χ3v) is 14.5. The lowest BCUT2D eigenvalue weighted by Crippen LogP contribution is -2.38. The Morgan fingerprint density at radius 3 is 1.23 bits per heavy atom. The fraction of sp³-hybridized carbons (Fsp3) is 0.529. The van der Waals surface area contributed by atoms with Gasteiger partial charge in [0.05, 0.1) is 85.4 Å². The highest BCUT2D eigenvalue weighted by molar-refractivity contribution is 6.33. The van der Waals surface area contributed by atoms with Gasteiger partial charge in [0.2, 0.25) is 0 Å². The number of imidazole rings is 4. The molecule has 12 rings (SSSR count). The fourth-order valence-electron chi connectivity index (χ4n) is 10.3. The number of esters is 4. The maximum Gasteiger partial charge on any atom is 0.303 e. The molecule has 8 aromatic rings. The van der Waals surface area contributed by atoms with Crippen LogP contribution in [0.2, 0.25) is 5.15 Å². The first-order valence-electron chi connectivity index (χ1n) is 26.9. The van der Waals surface area contributed by atoms with Crippen LogP contribution in [0.4, 0.5) is 5.82 Å². The summed E-state index contributed by atoms with van der Waals surface area (Å²) in [6.45, 7) is 8.08. The summed E-state index contributed by atoms with van der Waals surface area (Å²) in [6, 6.07) is 0. The molecule has 39 heteroatoms. The molecule has 483 valence electrons. The maximum atomic E-state index is 11.8. The fourth-order valence-corrected chi connectivity index (χ4v) is 10.5. The number of hydrogen-bond acceptors (Lipinski definition) is 31. The largest absolute Gasteiger partial charge is 0.456 e. The number of hydrogen-bond donors (Lipinski definition) is 9. The van der Waals surface area contributed by atoms with Crippen molar-refractivity contribution in [1.29, 1.82) is 0 Å². The molecule has 4 aliphatic heterocycles. The van der Waals surface area contributed by atoms with Crippen molar-refractivity contribution >= 4 is 93.8 Å². The molecule has 4 fully saturated rings. The first-order valence-corrected chi connectivity index (χ1v) is 27.3. The van der Waals surface area contributed by atoms with Crippen molar-refractivity contribution in [3.63, 3.8) is 0 Å². The highest BCUT2D eigenvalue weighted by Crippen LogP contribution is 2.39. The topological polar surface area (TPSA) is 504 Å². The van der Waals surface area contributed by atoms with E-state index in [1.807, 2.05) is 13.8 Å². The number of H-pyrrole nitrogens is 2. The summed E-state index contributed by atoms with van der Waals surface area (Å²) >= 11 is 6.01. The molecule has 4 saturated heterocycles. The van der Waals surface area contributed by atoms with Gasteiger partial charge in [-0.1, -0.05) is 32.9 Å².